The number of anilines is 1. The number of hydrogen-bond acceptors (Lipinski definition) is 5. The minimum atomic E-state index is -3.84. The Balaban J connectivity index is 1.48. The molecule has 0 radical (unpaired) electrons. The van der Waals surface area contributed by atoms with Gasteiger partial charge in [-0.25, -0.2) is 8.42 Å². The second-order valence-corrected chi connectivity index (χ2v) is 10.0. The van der Waals surface area contributed by atoms with Crippen LogP contribution in [0, 0.1) is 0 Å². The van der Waals surface area contributed by atoms with E-state index in [0.29, 0.717) is 26.2 Å². The molecule has 0 spiro atoms. The third-order valence-corrected chi connectivity index (χ3v) is 7.76. The molecule has 3 aromatic carbocycles. The van der Waals surface area contributed by atoms with E-state index in [1.807, 2.05) is 54.6 Å². The molecule has 0 saturated carbocycles. The van der Waals surface area contributed by atoms with Crippen LogP contribution in [0.5, 0.6) is 5.75 Å². The number of sulfonamides is 1. The fourth-order valence-electron chi connectivity index (χ4n) is 4.09. The van der Waals surface area contributed by atoms with Crippen LogP contribution in [-0.2, 0) is 21.4 Å². The predicted octanol–water partition coefficient (Wildman–Crippen LogP) is 3.23. The number of para-hydroxylation sites is 2. The normalized spacial score (nSPS) is 14.3. The summed E-state index contributed by atoms with van der Waals surface area (Å²) in [5, 5.41) is 0. The highest BCUT2D eigenvalue weighted by Gasteiger charge is 2.30. The lowest BCUT2D eigenvalue weighted by atomic mass is 10.2. The maximum atomic E-state index is 13.4. The van der Waals surface area contributed by atoms with E-state index in [4.69, 9.17) is 4.74 Å². The monoisotopic (exact) mass is 479 g/mol. The van der Waals surface area contributed by atoms with Gasteiger partial charge in [0.25, 0.3) is 0 Å². The number of benzene rings is 3. The van der Waals surface area contributed by atoms with Gasteiger partial charge in [-0.2, -0.15) is 4.31 Å². The molecule has 0 aliphatic carbocycles. The quantitative estimate of drug-likeness (QED) is 0.496. The summed E-state index contributed by atoms with van der Waals surface area (Å²) in [6.45, 7) is 2.25. The molecule has 0 N–H and O–H groups in total. The van der Waals surface area contributed by atoms with E-state index in [1.54, 1.807) is 42.3 Å². The van der Waals surface area contributed by atoms with Crippen molar-refractivity contribution in [1.82, 2.24) is 9.21 Å². The standard InChI is InChI=1S/C26H29N3O4S/c1-33-25-15-9-8-14-24(25)27-16-18-28(19-17-27)26(30)21-29(20-22-10-4-2-5-11-22)34(31,32)23-12-6-3-7-13-23/h2-15H,16-21H2,1H3. The summed E-state index contributed by atoms with van der Waals surface area (Å²) in [5.74, 6) is 0.598. The average Bonchev–Trinajstić information content (AvgIpc) is 2.89. The zero-order valence-corrected chi connectivity index (χ0v) is 20.0. The molecular formula is C26H29N3O4S. The Morgan fingerprint density at radius 2 is 1.44 bits per heavy atom. The number of hydrogen-bond donors (Lipinski definition) is 0. The lowest BCUT2D eigenvalue weighted by Crippen LogP contribution is -2.51. The Hall–Kier alpha value is -3.36. The molecular weight excluding hydrogens is 450 g/mol. The first-order valence-electron chi connectivity index (χ1n) is 11.2. The van der Waals surface area contributed by atoms with Gasteiger partial charge in [0.1, 0.15) is 5.75 Å². The minimum absolute atomic E-state index is 0.130. The SMILES string of the molecule is COc1ccccc1N1CCN(C(=O)CN(Cc2ccccc2)S(=O)(=O)c2ccccc2)CC1. The molecule has 1 heterocycles. The Bertz CT molecular complexity index is 1190. The van der Waals surface area contributed by atoms with E-state index in [9.17, 15) is 13.2 Å². The van der Waals surface area contributed by atoms with E-state index in [0.717, 1.165) is 17.0 Å². The fourth-order valence-corrected chi connectivity index (χ4v) is 5.49. The zero-order valence-electron chi connectivity index (χ0n) is 19.2. The molecule has 1 aliphatic heterocycles. The smallest absolute Gasteiger partial charge is 0.243 e. The van der Waals surface area contributed by atoms with Crippen LogP contribution in [0.4, 0.5) is 5.69 Å². The Kier molecular flexibility index (Phi) is 7.49. The van der Waals surface area contributed by atoms with Crippen molar-refractivity contribution in [2.75, 3.05) is 44.7 Å². The van der Waals surface area contributed by atoms with Crippen molar-refractivity contribution in [2.45, 2.75) is 11.4 Å². The molecule has 1 fully saturated rings. The summed E-state index contributed by atoms with van der Waals surface area (Å²) in [6, 6.07) is 25.4. The van der Waals surface area contributed by atoms with Crippen molar-refractivity contribution in [3.8, 4) is 5.75 Å². The van der Waals surface area contributed by atoms with Gasteiger partial charge in [-0.05, 0) is 29.8 Å². The molecule has 0 atom stereocenters. The van der Waals surface area contributed by atoms with Crippen LogP contribution in [0.25, 0.3) is 0 Å². The lowest BCUT2D eigenvalue weighted by Gasteiger charge is -2.37. The molecule has 1 aliphatic rings. The van der Waals surface area contributed by atoms with E-state index in [2.05, 4.69) is 4.90 Å². The van der Waals surface area contributed by atoms with Crippen molar-refractivity contribution in [3.63, 3.8) is 0 Å². The van der Waals surface area contributed by atoms with E-state index in [-0.39, 0.29) is 23.9 Å². The summed E-state index contributed by atoms with van der Waals surface area (Å²) < 4.78 is 33.5. The maximum Gasteiger partial charge on any atom is 0.243 e. The average molecular weight is 480 g/mol. The van der Waals surface area contributed by atoms with Crippen molar-refractivity contribution in [3.05, 3.63) is 90.5 Å². The molecule has 0 unspecified atom stereocenters. The highest BCUT2D eigenvalue weighted by Crippen LogP contribution is 2.28. The molecule has 1 amide bonds. The second-order valence-electron chi connectivity index (χ2n) is 8.11. The topological polar surface area (TPSA) is 70.2 Å². The minimum Gasteiger partial charge on any atom is -0.495 e. The van der Waals surface area contributed by atoms with Gasteiger partial charge in [-0.1, -0.05) is 60.7 Å². The number of nitrogens with zero attached hydrogens (tertiary/aromatic N) is 3. The van der Waals surface area contributed by atoms with Crippen LogP contribution in [0.3, 0.4) is 0 Å². The summed E-state index contributed by atoms with van der Waals surface area (Å²) in [4.78, 5) is 17.3. The first-order valence-corrected chi connectivity index (χ1v) is 12.7. The third kappa shape index (κ3) is 5.40. The number of amides is 1. The van der Waals surface area contributed by atoms with Gasteiger partial charge in [-0.15, -0.1) is 0 Å². The van der Waals surface area contributed by atoms with Gasteiger partial charge in [-0.3, -0.25) is 4.79 Å². The number of carbonyl (C=O) groups is 1. The summed E-state index contributed by atoms with van der Waals surface area (Å²) >= 11 is 0. The molecule has 0 bridgehead atoms. The number of ether oxygens (including phenoxy) is 1. The lowest BCUT2D eigenvalue weighted by molar-refractivity contribution is -0.131. The van der Waals surface area contributed by atoms with Gasteiger partial charge in [0.05, 0.1) is 24.2 Å². The molecule has 1 saturated heterocycles. The number of carbonyl (C=O) groups excluding carboxylic acids is 1. The van der Waals surface area contributed by atoms with Gasteiger partial charge in [0.15, 0.2) is 0 Å². The van der Waals surface area contributed by atoms with E-state index < -0.39 is 10.0 Å². The second kappa shape index (κ2) is 10.7. The first-order chi connectivity index (χ1) is 16.5. The fraction of sp³-hybridized carbons (Fsp3) is 0.269. The van der Waals surface area contributed by atoms with Crippen molar-refractivity contribution in [2.24, 2.45) is 0 Å². The Morgan fingerprint density at radius 3 is 2.09 bits per heavy atom. The van der Waals surface area contributed by atoms with Gasteiger partial charge < -0.3 is 14.5 Å². The largest absolute Gasteiger partial charge is 0.495 e. The van der Waals surface area contributed by atoms with Crippen LogP contribution in [0.15, 0.2) is 89.8 Å². The summed E-state index contributed by atoms with van der Waals surface area (Å²) in [5.41, 5.74) is 1.82. The first kappa shape index (κ1) is 23.8. The predicted molar refractivity (Wildman–Crippen MR) is 132 cm³/mol. The van der Waals surface area contributed by atoms with Gasteiger partial charge >= 0.3 is 0 Å². The number of methoxy groups -OCH3 is 1. The van der Waals surface area contributed by atoms with Crippen LogP contribution >= 0.6 is 0 Å². The van der Waals surface area contributed by atoms with Crippen LogP contribution < -0.4 is 9.64 Å². The molecule has 178 valence electrons. The molecule has 34 heavy (non-hydrogen) atoms. The highest BCUT2D eigenvalue weighted by atomic mass is 32.2. The summed E-state index contributed by atoms with van der Waals surface area (Å²) in [6.07, 6.45) is 0. The van der Waals surface area contributed by atoms with Crippen molar-refractivity contribution in [1.29, 1.82) is 0 Å². The van der Waals surface area contributed by atoms with Crippen LogP contribution in [0.1, 0.15) is 5.56 Å². The van der Waals surface area contributed by atoms with E-state index >= 15 is 0 Å². The molecule has 7 nitrogen and oxygen atoms in total. The Morgan fingerprint density at radius 1 is 0.853 bits per heavy atom. The Labute approximate surface area is 201 Å². The molecule has 8 heteroatoms. The number of piperazine rings is 1. The molecule has 0 aromatic heterocycles. The van der Waals surface area contributed by atoms with Crippen LogP contribution in [-0.4, -0.2) is 63.4 Å². The molecule has 3 aromatic rings. The van der Waals surface area contributed by atoms with Gasteiger partial charge in [0.2, 0.25) is 15.9 Å². The summed E-state index contributed by atoms with van der Waals surface area (Å²) in [7, 11) is -2.19. The van der Waals surface area contributed by atoms with Gasteiger partial charge in [0, 0.05) is 32.7 Å². The van der Waals surface area contributed by atoms with E-state index in [1.165, 1.54) is 4.31 Å². The number of rotatable bonds is 8. The van der Waals surface area contributed by atoms with Crippen molar-refractivity contribution < 1.29 is 17.9 Å². The highest BCUT2D eigenvalue weighted by molar-refractivity contribution is 7.89. The maximum absolute atomic E-state index is 13.4. The third-order valence-electron chi connectivity index (χ3n) is 5.95. The molecule has 4 rings (SSSR count). The van der Waals surface area contributed by atoms with Crippen LogP contribution in [0.2, 0.25) is 0 Å². The van der Waals surface area contributed by atoms with Crippen molar-refractivity contribution >= 4 is 21.6 Å². The zero-order chi connectivity index (χ0) is 24.0.